The number of halogens is 1. The van der Waals surface area contributed by atoms with E-state index in [0.717, 1.165) is 19.3 Å². The van der Waals surface area contributed by atoms with Crippen LogP contribution in [0.3, 0.4) is 0 Å². The highest BCUT2D eigenvalue weighted by Crippen LogP contribution is 2.21. The van der Waals surface area contributed by atoms with Gasteiger partial charge in [0.25, 0.3) is 0 Å². The maximum Gasteiger partial charge on any atom is 0.233 e. The van der Waals surface area contributed by atoms with Crippen molar-refractivity contribution in [2.75, 3.05) is 7.11 Å². The Hall–Kier alpha value is -0.0900. The van der Waals surface area contributed by atoms with E-state index >= 15 is 0 Å². The lowest BCUT2D eigenvalue weighted by molar-refractivity contribution is -0.120. The first-order chi connectivity index (χ1) is 6.13. The lowest BCUT2D eigenvalue weighted by Gasteiger charge is -2.13. The number of hydrogen-bond donors (Lipinski definition) is 1. The van der Waals surface area contributed by atoms with Gasteiger partial charge in [0.15, 0.2) is 0 Å². The second kappa shape index (κ2) is 4.96. The molecule has 0 aromatic carbocycles. The lowest BCUT2D eigenvalue weighted by atomic mass is 10.2. The van der Waals surface area contributed by atoms with Crippen LogP contribution >= 0.6 is 15.9 Å². The molecule has 0 bridgehead atoms. The molecule has 0 aromatic rings. The summed E-state index contributed by atoms with van der Waals surface area (Å²) in [4.78, 5) is 11.2. The molecule has 1 aliphatic rings. The Morgan fingerprint density at radius 2 is 2.31 bits per heavy atom. The molecule has 3 atom stereocenters. The van der Waals surface area contributed by atoms with Crippen molar-refractivity contribution in [2.24, 2.45) is 0 Å². The van der Waals surface area contributed by atoms with Gasteiger partial charge in [-0.05, 0) is 26.2 Å². The third kappa shape index (κ3) is 3.27. The molecule has 0 saturated heterocycles. The summed E-state index contributed by atoms with van der Waals surface area (Å²) >= 11 is 3.24. The van der Waals surface area contributed by atoms with E-state index in [0.29, 0.717) is 12.1 Å². The van der Waals surface area contributed by atoms with Crippen molar-refractivity contribution in [3.63, 3.8) is 0 Å². The van der Waals surface area contributed by atoms with Gasteiger partial charge in [-0.3, -0.25) is 4.79 Å². The number of nitrogens with one attached hydrogen (secondary N) is 1. The average Bonchev–Trinajstić information content (AvgIpc) is 2.52. The van der Waals surface area contributed by atoms with Crippen LogP contribution < -0.4 is 5.32 Å². The number of carbonyl (C=O) groups is 1. The fraction of sp³-hybridized carbons (Fsp3) is 0.889. The molecular formula is C9H16BrNO2. The molecule has 0 spiro atoms. The number of hydrogen-bond acceptors (Lipinski definition) is 2. The van der Waals surface area contributed by atoms with Crippen molar-refractivity contribution in [1.29, 1.82) is 0 Å². The molecular weight excluding hydrogens is 234 g/mol. The van der Waals surface area contributed by atoms with Crippen LogP contribution in [0.5, 0.6) is 0 Å². The van der Waals surface area contributed by atoms with Crippen molar-refractivity contribution in [1.82, 2.24) is 5.32 Å². The van der Waals surface area contributed by atoms with Crippen molar-refractivity contribution in [3.8, 4) is 0 Å². The van der Waals surface area contributed by atoms with Crippen LogP contribution in [0.15, 0.2) is 0 Å². The van der Waals surface area contributed by atoms with Crippen LogP contribution in [0.25, 0.3) is 0 Å². The zero-order valence-electron chi connectivity index (χ0n) is 8.05. The molecule has 0 aliphatic heterocycles. The molecule has 1 amide bonds. The van der Waals surface area contributed by atoms with Crippen molar-refractivity contribution >= 4 is 21.8 Å². The molecule has 76 valence electrons. The summed E-state index contributed by atoms with van der Waals surface area (Å²) in [6, 6.07) is 0.303. The Balaban J connectivity index is 2.28. The topological polar surface area (TPSA) is 38.3 Å². The second-order valence-corrected chi connectivity index (χ2v) is 4.87. The summed E-state index contributed by atoms with van der Waals surface area (Å²) in [5.74, 6) is 0.0711. The minimum absolute atomic E-state index is 0.0711. The predicted octanol–water partition coefficient (Wildman–Crippen LogP) is 1.45. The van der Waals surface area contributed by atoms with Crippen LogP contribution in [0.2, 0.25) is 0 Å². The maximum atomic E-state index is 11.3. The van der Waals surface area contributed by atoms with Gasteiger partial charge in [-0.1, -0.05) is 15.9 Å². The van der Waals surface area contributed by atoms with Crippen LogP contribution in [0.1, 0.15) is 26.2 Å². The van der Waals surface area contributed by atoms with Crippen molar-refractivity contribution < 1.29 is 9.53 Å². The SMILES string of the molecule is COC1CCC(NC(=O)C(C)Br)C1. The van der Waals surface area contributed by atoms with E-state index < -0.39 is 0 Å². The second-order valence-electron chi connectivity index (χ2n) is 3.49. The Bertz CT molecular complexity index is 184. The first-order valence-corrected chi connectivity index (χ1v) is 5.52. The zero-order valence-corrected chi connectivity index (χ0v) is 9.63. The summed E-state index contributed by atoms with van der Waals surface area (Å²) in [5.41, 5.74) is 0. The predicted molar refractivity (Wildman–Crippen MR) is 55.0 cm³/mol. The maximum absolute atomic E-state index is 11.3. The first-order valence-electron chi connectivity index (χ1n) is 4.60. The quantitative estimate of drug-likeness (QED) is 0.770. The summed E-state index contributed by atoms with van der Waals surface area (Å²) in [6.45, 7) is 1.83. The first kappa shape index (κ1) is 11.0. The molecule has 1 aliphatic carbocycles. The molecule has 3 unspecified atom stereocenters. The molecule has 0 radical (unpaired) electrons. The minimum atomic E-state index is -0.103. The van der Waals surface area contributed by atoms with E-state index in [1.165, 1.54) is 0 Å². The highest BCUT2D eigenvalue weighted by molar-refractivity contribution is 9.10. The fourth-order valence-electron chi connectivity index (χ4n) is 1.60. The Labute approximate surface area is 87.3 Å². The van der Waals surface area contributed by atoms with Gasteiger partial charge in [-0.25, -0.2) is 0 Å². The monoisotopic (exact) mass is 249 g/mol. The van der Waals surface area contributed by atoms with Gasteiger partial charge in [-0.15, -0.1) is 0 Å². The van der Waals surface area contributed by atoms with E-state index in [2.05, 4.69) is 21.2 Å². The molecule has 3 nitrogen and oxygen atoms in total. The highest BCUT2D eigenvalue weighted by atomic mass is 79.9. The van der Waals surface area contributed by atoms with Crippen LogP contribution in [0, 0.1) is 0 Å². The number of alkyl halides is 1. The molecule has 1 N–H and O–H groups in total. The Morgan fingerprint density at radius 3 is 2.77 bits per heavy atom. The standard InChI is InChI=1S/C9H16BrNO2/c1-6(10)9(12)11-7-3-4-8(5-7)13-2/h6-8H,3-5H2,1-2H3,(H,11,12). The molecule has 4 heteroatoms. The summed E-state index contributed by atoms with van der Waals surface area (Å²) in [6.07, 6.45) is 3.36. The Morgan fingerprint density at radius 1 is 1.62 bits per heavy atom. The van der Waals surface area contributed by atoms with Crippen LogP contribution in [-0.2, 0) is 9.53 Å². The van der Waals surface area contributed by atoms with Gasteiger partial charge in [0.05, 0.1) is 10.9 Å². The van der Waals surface area contributed by atoms with Gasteiger partial charge < -0.3 is 10.1 Å². The van der Waals surface area contributed by atoms with Crippen LogP contribution in [0.4, 0.5) is 0 Å². The van der Waals surface area contributed by atoms with E-state index in [9.17, 15) is 4.79 Å². The number of rotatable bonds is 3. The normalized spacial score (nSPS) is 30.1. The fourth-order valence-corrected chi connectivity index (χ4v) is 1.73. The summed E-state index contributed by atoms with van der Waals surface area (Å²) in [5, 5.41) is 2.98. The zero-order chi connectivity index (χ0) is 9.84. The molecule has 1 rings (SSSR count). The van der Waals surface area contributed by atoms with Gasteiger partial charge in [-0.2, -0.15) is 0 Å². The third-order valence-corrected chi connectivity index (χ3v) is 2.84. The van der Waals surface area contributed by atoms with Gasteiger partial charge in [0.1, 0.15) is 0 Å². The van der Waals surface area contributed by atoms with E-state index in [4.69, 9.17) is 4.74 Å². The number of methoxy groups -OCH3 is 1. The average molecular weight is 250 g/mol. The molecule has 0 heterocycles. The molecule has 0 aromatic heterocycles. The smallest absolute Gasteiger partial charge is 0.233 e. The lowest BCUT2D eigenvalue weighted by Crippen LogP contribution is -2.37. The van der Waals surface area contributed by atoms with E-state index in [1.54, 1.807) is 7.11 Å². The van der Waals surface area contributed by atoms with Gasteiger partial charge in [0.2, 0.25) is 5.91 Å². The highest BCUT2D eigenvalue weighted by Gasteiger charge is 2.26. The number of amides is 1. The third-order valence-electron chi connectivity index (χ3n) is 2.43. The van der Waals surface area contributed by atoms with Gasteiger partial charge >= 0.3 is 0 Å². The van der Waals surface area contributed by atoms with E-state index in [1.807, 2.05) is 6.92 Å². The Kier molecular flexibility index (Phi) is 4.19. The molecule has 1 saturated carbocycles. The minimum Gasteiger partial charge on any atom is -0.381 e. The van der Waals surface area contributed by atoms with E-state index in [-0.39, 0.29) is 10.7 Å². The van der Waals surface area contributed by atoms with Crippen molar-refractivity contribution in [2.45, 2.75) is 43.2 Å². The largest absolute Gasteiger partial charge is 0.381 e. The summed E-state index contributed by atoms with van der Waals surface area (Å²) < 4.78 is 5.22. The number of ether oxygens (including phenoxy) is 1. The van der Waals surface area contributed by atoms with Gasteiger partial charge in [0, 0.05) is 13.2 Å². The number of carbonyl (C=O) groups excluding carboxylic acids is 1. The summed E-state index contributed by atoms with van der Waals surface area (Å²) in [7, 11) is 1.72. The van der Waals surface area contributed by atoms with Crippen LogP contribution in [-0.4, -0.2) is 30.0 Å². The molecule has 13 heavy (non-hydrogen) atoms. The van der Waals surface area contributed by atoms with Crippen molar-refractivity contribution in [3.05, 3.63) is 0 Å². The molecule has 1 fully saturated rings.